The Morgan fingerprint density at radius 1 is 1.06 bits per heavy atom. The van der Waals surface area contributed by atoms with Gasteiger partial charge < -0.3 is 20.3 Å². The molecule has 174 valence electrons. The van der Waals surface area contributed by atoms with Crippen LogP contribution in [0.2, 0.25) is 0 Å². The summed E-state index contributed by atoms with van der Waals surface area (Å²) in [5.74, 6) is -2.12. The van der Waals surface area contributed by atoms with Gasteiger partial charge in [0.05, 0.1) is 36.1 Å². The van der Waals surface area contributed by atoms with Crippen LogP contribution < -0.4 is 15.5 Å². The van der Waals surface area contributed by atoms with Crippen LogP contribution in [0.5, 0.6) is 0 Å². The number of amides is 3. The summed E-state index contributed by atoms with van der Waals surface area (Å²) in [5.41, 5.74) is 0.893. The molecule has 2 saturated heterocycles. The van der Waals surface area contributed by atoms with Gasteiger partial charge in [-0.1, -0.05) is 24.3 Å². The van der Waals surface area contributed by atoms with Gasteiger partial charge in [0, 0.05) is 39.1 Å². The van der Waals surface area contributed by atoms with E-state index < -0.39 is 11.7 Å². The topological polar surface area (TPSA) is 91.0 Å². The highest BCUT2D eigenvalue weighted by Gasteiger charge is 2.36. The number of anilines is 2. The third kappa shape index (κ3) is 5.55. The number of nitrogens with zero attached hydrogens (tertiary/aromatic N) is 2. The summed E-state index contributed by atoms with van der Waals surface area (Å²) in [6.45, 7) is 4.36. The number of nitrogens with one attached hydrogen (secondary N) is 2. The number of hydrogen-bond donors (Lipinski definition) is 2. The van der Waals surface area contributed by atoms with Gasteiger partial charge in [0.25, 0.3) is 5.91 Å². The first-order valence-electron chi connectivity index (χ1n) is 11.1. The molecule has 1 atom stereocenters. The van der Waals surface area contributed by atoms with E-state index in [0.717, 1.165) is 19.6 Å². The predicted octanol–water partition coefficient (Wildman–Crippen LogP) is 1.88. The molecule has 2 heterocycles. The Morgan fingerprint density at radius 2 is 1.79 bits per heavy atom. The average molecular weight is 455 g/mol. The van der Waals surface area contributed by atoms with Gasteiger partial charge in [0.15, 0.2) is 0 Å². The molecule has 4 rings (SSSR count). The maximum atomic E-state index is 14.1. The molecule has 0 saturated carbocycles. The fourth-order valence-corrected chi connectivity index (χ4v) is 4.06. The van der Waals surface area contributed by atoms with Crippen LogP contribution in [-0.4, -0.2) is 68.6 Å². The van der Waals surface area contributed by atoms with Crippen molar-refractivity contribution in [3.63, 3.8) is 0 Å². The highest BCUT2D eigenvalue weighted by atomic mass is 19.1. The Hall–Kier alpha value is -3.30. The Morgan fingerprint density at radius 3 is 2.58 bits per heavy atom. The zero-order chi connectivity index (χ0) is 23.2. The predicted molar refractivity (Wildman–Crippen MR) is 122 cm³/mol. The van der Waals surface area contributed by atoms with E-state index in [1.807, 2.05) is 0 Å². The number of hydrogen-bond acceptors (Lipinski definition) is 5. The zero-order valence-corrected chi connectivity index (χ0v) is 18.3. The van der Waals surface area contributed by atoms with Crippen LogP contribution in [0.25, 0.3) is 0 Å². The highest BCUT2D eigenvalue weighted by Crippen LogP contribution is 2.28. The molecule has 2 aliphatic rings. The normalized spacial score (nSPS) is 18.9. The number of rotatable bonds is 7. The van der Waals surface area contributed by atoms with Crippen molar-refractivity contribution in [1.82, 2.24) is 10.2 Å². The van der Waals surface area contributed by atoms with E-state index in [1.54, 1.807) is 36.4 Å². The van der Waals surface area contributed by atoms with Gasteiger partial charge in [0.1, 0.15) is 5.82 Å². The molecule has 9 heteroatoms. The third-order valence-electron chi connectivity index (χ3n) is 5.89. The molecule has 2 aromatic carbocycles. The second kappa shape index (κ2) is 10.5. The molecule has 0 aliphatic carbocycles. The minimum atomic E-state index is -0.644. The monoisotopic (exact) mass is 454 g/mol. The molecular formula is C24H27FN4O4. The summed E-state index contributed by atoms with van der Waals surface area (Å²) in [6.07, 6.45) is -0.0198. The van der Waals surface area contributed by atoms with E-state index in [-0.39, 0.29) is 36.4 Å². The second-order valence-electron chi connectivity index (χ2n) is 8.10. The minimum absolute atomic E-state index is 0.0198. The standard InChI is InChI=1S/C24H27FN4O4/c25-19-6-2-4-8-21(19)29-16-17(15-22(29)30)23(31)27-20-7-3-1-5-18(20)24(32)26-9-10-28-11-13-33-14-12-28/h1-8,17H,9-16H2,(H,26,32)(H,27,31)/t17-/m0/s1. The Labute approximate surface area is 191 Å². The smallest absolute Gasteiger partial charge is 0.253 e. The van der Waals surface area contributed by atoms with Crippen molar-refractivity contribution in [2.24, 2.45) is 5.92 Å². The Bertz CT molecular complexity index is 1030. The summed E-state index contributed by atoms with van der Waals surface area (Å²) in [6, 6.07) is 12.7. The molecule has 2 N–H and O–H groups in total. The van der Waals surface area contributed by atoms with Crippen molar-refractivity contribution < 1.29 is 23.5 Å². The molecule has 0 radical (unpaired) electrons. The van der Waals surface area contributed by atoms with Crippen molar-refractivity contribution in [2.75, 3.05) is 56.2 Å². The van der Waals surface area contributed by atoms with Crippen LogP contribution in [0.4, 0.5) is 15.8 Å². The van der Waals surface area contributed by atoms with Crippen LogP contribution in [0, 0.1) is 11.7 Å². The van der Waals surface area contributed by atoms with Gasteiger partial charge >= 0.3 is 0 Å². The second-order valence-corrected chi connectivity index (χ2v) is 8.10. The van der Waals surface area contributed by atoms with Gasteiger partial charge in [-0.25, -0.2) is 4.39 Å². The molecule has 3 amide bonds. The number of carbonyl (C=O) groups is 3. The van der Waals surface area contributed by atoms with Gasteiger partial charge in [-0.2, -0.15) is 0 Å². The molecule has 0 spiro atoms. The van der Waals surface area contributed by atoms with Crippen molar-refractivity contribution in [3.8, 4) is 0 Å². The van der Waals surface area contributed by atoms with E-state index in [2.05, 4.69) is 15.5 Å². The first-order valence-corrected chi connectivity index (χ1v) is 11.1. The van der Waals surface area contributed by atoms with E-state index in [1.165, 1.54) is 17.0 Å². The molecule has 0 unspecified atom stereocenters. The van der Waals surface area contributed by atoms with E-state index >= 15 is 0 Å². The number of benzene rings is 2. The molecule has 8 nitrogen and oxygen atoms in total. The first-order chi connectivity index (χ1) is 16.0. The molecule has 2 fully saturated rings. The molecule has 0 aromatic heterocycles. The average Bonchev–Trinajstić information content (AvgIpc) is 3.22. The quantitative estimate of drug-likeness (QED) is 0.667. The number of carbonyl (C=O) groups excluding carboxylic acids is 3. The lowest BCUT2D eigenvalue weighted by atomic mass is 10.1. The largest absolute Gasteiger partial charge is 0.379 e. The first kappa shape index (κ1) is 22.9. The summed E-state index contributed by atoms with van der Waals surface area (Å²) < 4.78 is 19.4. The van der Waals surface area contributed by atoms with Gasteiger partial charge in [0.2, 0.25) is 11.8 Å². The molecule has 2 aromatic rings. The molecule has 0 bridgehead atoms. The van der Waals surface area contributed by atoms with Crippen molar-refractivity contribution in [3.05, 3.63) is 59.9 Å². The fourth-order valence-electron chi connectivity index (χ4n) is 4.06. The molecular weight excluding hydrogens is 427 g/mol. The van der Waals surface area contributed by atoms with E-state index in [9.17, 15) is 18.8 Å². The van der Waals surface area contributed by atoms with Gasteiger partial charge in [-0.3, -0.25) is 19.3 Å². The van der Waals surface area contributed by atoms with Crippen LogP contribution in [0.3, 0.4) is 0 Å². The van der Waals surface area contributed by atoms with Gasteiger partial charge in [-0.15, -0.1) is 0 Å². The van der Waals surface area contributed by atoms with Crippen LogP contribution in [0.15, 0.2) is 48.5 Å². The number of ether oxygens (including phenoxy) is 1. The maximum Gasteiger partial charge on any atom is 0.253 e. The highest BCUT2D eigenvalue weighted by molar-refractivity contribution is 6.07. The molecule has 2 aliphatic heterocycles. The SMILES string of the molecule is O=C(NCCN1CCOCC1)c1ccccc1NC(=O)[C@H]1CC(=O)N(c2ccccc2F)C1. The fraction of sp³-hybridized carbons (Fsp3) is 0.375. The lowest BCUT2D eigenvalue weighted by Crippen LogP contribution is -2.41. The zero-order valence-electron chi connectivity index (χ0n) is 18.3. The lowest BCUT2D eigenvalue weighted by Gasteiger charge is -2.26. The summed E-state index contributed by atoms with van der Waals surface area (Å²) >= 11 is 0. The molecule has 33 heavy (non-hydrogen) atoms. The summed E-state index contributed by atoms with van der Waals surface area (Å²) in [4.78, 5) is 41.5. The van der Waals surface area contributed by atoms with Crippen LogP contribution in [-0.2, 0) is 14.3 Å². The number of morpholine rings is 1. The third-order valence-corrected chi connectivity index (χ3v) is 5.89. The number of halogens is 1. The minimum Gasteiger partial charge on any atom is -0.379 e. The Balaban J connectivity index is 1.36. The lowest BCUT2D eigenvalue weighted by molar-refractivity contribution is -0.122. The van der Waals surface area contributed by atoms with Crippen molar-refractivity contribution >= 4 is 29.1 Å². The van der Waals surface area contributed by atoms with Gasteiger partial charge in [-0.05, 0) is 24.3 Å². The summed E-state index contributed by atoms with van der Waals surface area (Å²) in [7, 11) is 0. The van der Waals surface area contributed by atoms with E-state index in [0.29, 0.717) is 31.0 Å². The van der Waals surface area contributed by atoms with E-state index in [4.69, 9.17) is 4.74 Å². The Kier molecular flexibility index (Phi) is 7.31. The van der Waals surface area contributed by atoms with Crippen LogP contribution in [0.1, 0.15) is 16.8 Å². The summed E-state index contributed by atoms with van der Waals surface area (Å²) in [5, 5.41) is 5.68. The maximum absolute atomic E-state index is 14.1. The van der Waals surface area contributed by atoms with Crippen LogP contribution >= 0.6 is 0 Å². The number of para-hydroxylation sites is 2. The van der Waals surface area contributed by atoms with Crippen molar-refractivity contribution in [1.29, 1.82) is 0 Å². The van der Waals surface area contributed by atoms with Crippen molar-refractivity contribution in [2.45, 2.75) is 6.42 Å².